The van der Waals surface area contributed by atoms with Crippen LogP contribution < -0.4 is 5.73 Å². The van der Waals surface area contributed by atoms with Gasteiger partial charge in [-0.3, -0.25) is 0 Å². The van der Waals surface area contributed by atoms with E-state index in [2.05, 4.69) is 26.0 Å². The Morgan fingerprint density at radius 2 is 1.88 bits per heavy atom. The van der Waals surface area contributed by atoms with Crippen LogP contribution in [0.15, 0.2) is 24.3 Å². The molecular weight excluding hydrogens is 250 g/mol. The van der Waals surface area contributed by atoms with Crippen LogP contribution in [0.3, 0.4) is 0 Å². The van der Waals surface area contributed by atoms with E-state index in [0.717, 1.165) is 16.1 Å². The highest BCUT2D eigenvalue weighted by Crippen LogP contribution is 2.32. The van der Waals surface area contributed by atoms with Crippen molar-refractivity contribution in [3.63, 3.8) is 0 Å². The maximum atomic E-state index is 6.35. The highest BCUT2D eigenvalue weighted by molar-refractivity contribution is 7.12. The maximum Gasteiger partial charge on any atom is 0.0565 e. The van der Waals surface area contributed by atoms with Crippen molar-refractivity contribution in [1.29, 1.82) is 0 Å². The summed E-state index contributed by atoms with van der Waals surface area (Å²) < 4.78 is 0. The van der Waals surface area contributed by atoms with E-state index in [-0.39, 0.29) is 6.04 Å². The monoisotopic (exact) mass is 265 g/mol. The first-order valence-electron chi connectivity index (χ1n) is 5.58. The van der Waals surface area contributed by atoms with Gasteiger partial charge < -0.3 is 5.73 Å². The van der Waals surface area contributed by atoms with Gasteiger partial charge in [-0.2, -0.15) is 0 Å². The maximum absolute atomic E-state index is 6.35. The van der Waals surface area contributed by atoms with Crippen molar-refractivity contribution in [1.82, 2.24) is 0 Å². The van der Waals surface area contributed by atoms with Crippen LogP contribution in [-0.4, -0.2) is 0 Å². The molecule has 3 heteroatoms. The minimum absolute atomic E-state index is 0.0846. The number of aryl methyl sites for hydroxylation is 2. The minimum Gasteiger partial charge on any atom is -0.320 e. The number of hydrogen-bond donors (Lipinski definition) is 1. The molecule has 1 aromatic heterocycles. The first kappa shape index (κ1) is 12.6. The van der Waals surface area contributed by atoms with E-state index >= 15 is 0 Å². The van der Waals surface area contributed by atoms with E-state index in [4.69, 9.17) is 17.3 Å². The average Bonchev–Trinajstić information content (AvgIpc) is 2.61. The molecular formula is C14H16ClNS. The largest absolute Gasteiger partial charge is 0.320 e. The van der Waals surface area contributed by atoms with Crippen molar-refractivity contribution >= 4 is 22.9 Å². The first-order chi connectivity index (χ1) is 8.00. The molecule has 0 spiro atoms. The van der Waals surface area contributed by atoms with E-state index in [0.29, 0.717) is 0 Å². The van der Waals surface area contributed by atoms with Crippen molar-refractivity contribution in [3.05, 3.63) is 55.7 Å². The van der Waals surface area contributed by atoms with Gasteiger partial charge in [0.25, 0.3) is 0 Å². The third kappa shape index (κ3) is 2.39. The molecule has 2 aromatic rings. The average molecular weight is 266 g/mol. The summed E-state index contributed by atoms with van der Waals surface area (Å²) in [7, 11) is 0. The van der Waals surface area contributed by atoms with Gasteiger partial charge in [0.05, 0.1) is 6.04 Å². The third-order valence-corrected chi connectivity index (χ3v) is 4.45. The third-order valence-electron chi connectivity index (χ3n) is 3.06. The molecule has 0 saturated carbocycles. The standard InChI is InChI=1S/C14H16ClNS/c1-8-7-12(10(3)17-8)14(16)11-5-4-6-13(15)9(11)2/h4-7,14H,16H2,1-3H3. The Morgan fingerprint density at radius 1 is 1.18 bits per heavy atom. The second-order valence-corrected chi connectivity index (χ2v) is 6.17. The number of thiophene rings is 1. The van der Waals surface area contributed by atoms with E-state index in [1.165, 1.54) is 15.3 Å². The Bertz CT molecular complexity index is 545. The molecule has 0 fully saturated rings. The molecule has 0 bridgehead atoms. The van der Waals surface area contributed by atoms with Gasteiger partial charge in [0.2, 0.25) is 0 Å². The SMILES string of the molecule is Cc1cc(C(N)c2cccc(Cl)c2C)c(C)s1. The topological polar surface area (TPSA) is 26.0 Å². The molecule has 0 radical (unpaired) electrons. The van der Waals surface area contributed by atoms with Crippen molar-refractivity contribution in [2.45, 2.75) is 26.8 Å². The fourth-order valence-electron chi connectivity index (χ4n) is 2.09. The number of hydrogen-bond acceptors (Lipinski definition) is 2. The summed E-state index contributed by atoms with van der Waals surface area (Å²) in [6.07, 6.45) is 0. The Morgan fingerprint density at radius 3 is 2.47 bits per heavy atom. The molecule has 1 nitrogen and oxygen atoms in total. The zero-order valence-corrected chi connectivity index (χ0v) is 11.8. The molecule has 0 aliphatic carbocycles. The van der Waals surface area contributed by atoms with E-state index < -0.39 is 0 Å². The molecule has 0 aliphatic rings. The highest BCUT2D eigenvalue weighted by atomic mass is 35.5. The Labute approximate surface area is 111 Å². The smallest absolute Gasteiger partial charge is 0.0565 e. The lowest BCUT2D eigenvalue weighted by Gasteiger charge is -2.15. The summed E-state index contributed by atoms with van der Waals surface area (Å²) in [6.45, 7) is 6.25. The van der Waals surface area contributed by atoms with Crippen molar-refractivity contribution in [2.24, 2.45) is 5.73 Å². The molecule has 2 rings (SSSR count). The summed E-state index contributed by atoms with van der Waals surface area (Å²) in [6, 6.07) is 8.00. The van der Waals surface area contributed by atoms with E-state index in [9.17, 15) is 0 Å². The second kappa shape index (κ2) is 4.81. The first-order valence-corrected chi connectivity index (χ1v) is 6.77. The predicted octanol–water partition coefficient (Wildman–Crippen LogP) is 4.37. The quantitative estimate of drug-likeness (QED) is 0.857. The number of rotatable bonds is 2. The molecule has 1 heterocycles. The van der Waals surface area contributed by atoms with Gasteiger partial charge >= 0.3 is 0 Å². The Balaban J connectivity index is 2.47. The molecule has 1 aromatic carbocycles. The summed E-state index contributed by atoms with van der Waals surface area (Å²) >= 11 is 7.93. The zero-order chi connectivity index (χ0) is 12.6. The summed E-state index contributed by atoms with van der Waals surface area (Å²) in [5.74, 6) is 0. The van der Waals surface area contributed by atoms with Gasteiger partial charge in [0, 0.05) is 14.8 Å². The van der Waals surface area contributed by atoms with Gasteiger partial charge in [-0.1, -0.05) is 23.7 Å². The van der Waals surface area contributed by atoms with E-state index in [1.807, 2.05) is 19.1 Å². The molecule has 1 unspecified atom stereocenters. The van der Waals surface area contributed by atoms with Gasteiger partial charge in [0.1, 0.15) is 0 Å². The lowest BCUT2D eigenvalue weighted by Crippen LogP contribution is -2.13. The van der Waals surface area contributed by atoms with Crippen LogP contribution in [0.25, 0.3) is 0 Å². The summed E-state index contributed by atoms with van der Waals surface area (Å²) in [4.78, 5) is 2.59. The summed E-state index contributed by atoms with van der Waals surface area (Å²) in [5, 5.41) is 0.780. The van der Waals surface area contributed by atoms with Crippen LogP contribution in [0.4, 0.5) is 0 Å². The molecule has 0 amide bonds. The van der Waals surface area contributed by atoms with Gasteiger partial charge in [-0.15, -0.1) is 11.3 Å². The van der Waals surface area contributed by atoms with E-state index in [1.54, 1.807) is 11.3 Å². The Kier molecular flexibility index (Phi) is 3.57. The minimum atomic E-state index is -0.0846. The molecule has 90 valence electrons. The summed E-state index contributed by atoms with van der Waals surface area (Å²) in [5.41, 5.74) is 9.74. The molecule has 1 atom stereocenters. The van der Waals surface area contributed by atoms with Crippen molar-refractivity contribution < 1.29 is 0 Å². The fourth-order valence-corrected chi connectivity index (χ4v) is 3.24. The van der Waals surface area contributed by atoms with Crippen LogP contribution in [0, 0.1) is 20.8 Å². The fraction of sp³-hybridized carbons (Fsp3) is 0.286. The van der Waals surface area contributed by atoms with Crippen LogP contribution in [0.5, 0.6) is 0 Å². The van der Waals surface area contributed by atoms with Gasteiger partial charge in [-0.05, 0) is 49.6 Å². The normalized spacial score (nSPS) is 12.8. The lowest BCUT2D eigenvalue weighted by molar-refractivity contribution is 0.859. The Hall–Kier alpha value is -0.830. The highest BCUT2D eigenvalue weighted by Gasteiger charge is 2.16. The zero-order valence-electron chi connectivity index (χ0n) is 10.3. The molecule has 2 N–H and O–H groups in total. The van der Waals surface area contributed by atoms with Gasteiger partial charge in [-0.25, -0.2) is 0 Å². The number of halogens is 1. The van der Waals surface area contributed by atoms with Crippen LogP contribution in [0.2, 0.25) is 5.02 Å². The van der Waals surface area contributed by atoms with Crippen molar-refractivity contribution in [2.75, 3.05) is 0 Å². The number of benzene rings is 1. The molecule has 0 aliphatic heterocycles. The van der Waals surface area contributed by atoms with Gasteiger partial charge in [0.15, 0.2) is 0 Å². The second-order valence-electron chi connectivity index (χ2n) is 4.30. The van der Waals surface area contributed by atoms with Crippen LogP contribution in [-0.2, 0) is 0 Å². The van der Waals surface area contributed by atoms with Crippen molar-refractivity contribution in [3.8, 4) is 0 Å². The van der Waals surface area contributed by atoms with Crippen LogP contribution >= 0.6 is 22.9 Å². The number of nitrogens with two attached hydrogens (primary N) is 1. The lowest BCUT2D eigenvalue weighted by atomic mass is 9.96. The van der Waals surface area contributed by atoms with Crippen LogP contribution in [0.1, 0.15) is 32.5 Å². The molecule has 0 saturated heterocycles. The molecule has 17 heavy (non-hydrogen) atoms. The predicted molar refractivity (Wildman–Crippen MR) is 76.0 cm³/mol.